The molecular weight excluding hydrogens is 1150 g/mol. The van der Waals surface area contributed by atoms with Gasteiger partial charge in [0.25, 0.3) is 0 Å². The summed E-state index contributed by atoms with van der Waals surface area (Å²) in [6, 6.07) is 100. The van der Waals surface area contributed by atoms with Crippen molar-refractivity contribution in [1.29, 1.82) is 0 Å². The van der Waals surface area contributed by atoms with E-state index in [1.54, 1.807) is 0 Å². The third kappa shape index (κ3) is 9.64. The van der Waals surface area contributed by atoms with Gasteiger partial charge < -0.3 is 0 Å². The first kappa shape index (κ1) is 56.8. The molecule has 0 N–H and O–H groups in total. The number of benzene rings is 11. The summed E-state index contributed by atoms with van der Waals surface area (Å²) in [5.41, 5.74) is 12.5. The van der Waals surface area contributed by atoms with Crippen molar-refractivity contribution in [2.75, 3.05) is 4.90 Å². The Morgan fingerprint density at radius 1 is 0.367 bits per heavy atom. The maximum absolute atomic E-state index is 7.05. The standard InChI is InChI=1S/C84H74GeN4O/c1-82(2,3)57-45-46-86-79(52-57)89-76-41-24-23-39-71(76)72-44-43-66(54-78(72)89)90-65-34-25-33-64(53-65)87-55-88-80-74(50-59(84(7,8)9)51-75(80)70-38-22-20-36-68(70)67-35-19-21-37-69(67)73-40-26-42-77(87)81(73)88)56-47-58(83(4,5)6)49-63(48-56)85(60-27-13-10-14-28-60,61-29-15-11-16-30-61)62-31-17-12-18-32-62/h10-54H,55H2,1-9H3. The average molecular weight is 1230 g/mol. The van der Waals surface area contributed by atoms with Crippen molar-refractivity contribution in [3.05, 3.63) is 290 Å². The van der Waals surface area contributed by atoms with Crippen LogP contribution in [0.2, 0.25) is 0 Å². The van der Waals surface area contributed by atoms with Crippen LogP contribution in [0, 0.1) is 0 Å². The zero-order valence-electron chi connectivity index (χ0n) is 52.9. The molecule has 4 heterocycles. The van der Waals surface area contributed by atoms with Crippen LogP contribution in [0.15, 0.2) is 273 Å². The van der Waals surface area contributed by atoms with Gasteiger partial charge in [0.05, 0.1) is 11.0 Å². The molecule has 14 aromatic rings. The molecule has 440 valence electrons. The third-order valence-corrected chi connectivity index (χ3v) is 28.8. The molecule has 0 spiro atoms. The van der Waals surface area contributed by atoms with E-state index >= 15 is 0 Å². The molecule has 15 rings (SSSR count). The van der Waals surface area contributed by atoms with Gasteiger partial charge in [-0.15, -0.1) is 0 Å². The molecule has 0 aliphatic carbocycles. The molecule has 3 aromatic heterocycles. The van der Waals surface area contributed by atoms with E-state index in [0.717, 1.165) is 45.1 Å². The number of pyridine rings is 1. The summed E-state index contributed by atoms with van der Waals surface area (Å²) in [4.78, 5) is 7.47. The number of anilines is 2. The molecule has 6 heteroatoms. The summed E-state index contributed by atoms with van der Waals surface area (Å²) in [6.07, 6.45) is 1.94. The molecule has 0 saturated heterocycles. The van der Waals surface area contributed by atoms with Crippen molar-refractivity contribution in [1.82, 2.24) is 14.1 Å². The Balaban J connectivity index is 0.986. The van der Waals surface area contributed by atoms with Gasteiger partial charge in [-0.3, -0.25) is 4.57 Å². The fourth-order valence-corrected chi connectivity index (χ4v) is 24.4. The second kappa shape index (κ2) is 21.8. The summed E-state index contributed by atoms with van der Waals surface area (Å²) >= 11 is -3.86. The van der Waals surface area contributed by atoms with Gasteiger partial charge in [-0.25, -0.2) is 4.98 Å². The summed E-state index contributed by atoms with van der Waals surface area (Å²) in [5.74, 6) is 2.40. The number of fused-ring (bicyclic) bond motifs is 10. The van der Waals surface area contributed by atoms with Crippen LogP contribution in [0.3, 0.4) is 0 Å². The van der Waals surface area contributed by atoms with E-state index in [2.05, 4.69) is 343 Å². The maximum atomic E-state index is 7.05. The van der Waals surface area contributed by atoms with Crippen LogP contribution >= 0.6 is 0 Å². The first-order valence-electron chi connectivity index (χ1n) is 31.7. The molecule has 0 saturated carbocycles. The number of nitrogens with zero attached hydrogens (tertiary/aromatic N) is 4. The minimum atomic E-state index is -3.86. The molecule has 0 atom stereocenters. The number of ether oxygens (including phenoxy) is 1. The number of aromatic nitrogens is 3. The van der Waals surface area contributed by atoms with Gasteiger partial charge in [-0.1, -0.05) is 39.0 Å². The van der Waals surface area contributed by atoms with E-state index in [1.807, 2.05) is 6.20 Å². The van der Waals surface area contributed by atoms with Gasteiger partial charge in [0.1, 0.15) is 11.6 Å². The van der Waals surface area contributed by atoms with Crippen LogP contribution in [0.25, 0.3) is 82.1 Å². The molecule has 1 aliphatic rings. The molecule has 0 radical (unpaired) electrons. The Bertz CT molecular complexity index is 5100. The van der Waals surface area contributed by atoms with Crippen LogP contribution in [0.4, 0.5) is 11.4 Å². The van der Waals surface area contributed by atoms with Crippen molar-refractivity contribution in [2.45, 2.75) is 85.2 Å². The predicted octanol–water partition coefficient (Wildman–Crippen LogP) is 19.6. The Hall–Kier alpha value is -9.69. The first-order chi connectivity index (χ1) is 43.5. The number of rotatable bonds is 9. The normalized spacial score (nSPS) is 12.9. The SMILES string of the molecule is CC(C)(C)c1cc(-c2cc(C(C)(C)C)cc3c4ccccc4c4ccccc4c4cccc5c4n(c23)CN5c2cccc(Oc3ccc4c5ccccc5n(-c5cc(C(C)(C)C)ccn5)c4c3)c2)c[c]([Ge]([c]2ccccc2)([c]2ccccc2)[c]2ccccc2)c1. The van der Waals surface area contributed by atoms with E-state index in [4.69, 9.17) is 9.72 Å². The van der Waals surface area contributed by atoms with Crippen molar-refractivity contribution in [3.63, 3.8) is 0 Å². The van der Waals surface area contributed by atoms with Crippen LogP contribution in [0.1, 0.15) is 79.0 Å². The van der Waals surface area contributed by atoms with E-state index in [-0.39, 0.29) is 16.2 Å². The summed E-state index contributed by atoms with van der Waals surface area (Å²) in [7, 11) is 0. The second-order valence-electron chi connectivity index (χ2n) is 27.6. The van der Waals surface area contributed by atoms with Gasteiger partial charge >= 0.3 is 399 Å². The van der Waals surface area contributed by atoms with Crippen molar-refractivity contribution in [2.24, 2.45) is 0 Å². The second-order valence-corrected chi connectivity index (χ2v) is 35.6. The third-order valence-electron chi connectivity index (χ3n) is 18.8. The Kier molecular flexibility index (Phi) is 13.8. The minimum absolute atomic E-state index is 0.0387. The monoisotopic (exact) mass is 1230 g/mol. The van der Waals surface area contributed by atoms with Crippen molar-refractivity contribution >= 4 is 107 Å². The van der Waals surface area contributed by atoms with Crippen LogP contribution in [-0.4, -0.2) is 27.4 Å². The molecule has 0 unspecified atom stereocenters. The first-order valence-corrected chi connectivity index (χ1v) is 35.9. The van der Waals surface area contributed by atoms with Gasteiger partial charge in [-0.2, -0.15) is 0 Å². The fraction of sp³-hybridized carbons (Fsp3) is 0.155. The molecule has 1 aliphatic heterocycles. The quantitative estimate of drug-likeness (QED) is 0.135. The Morgan fingerprint density at radius 3 is 1.51 bits per heavy atom. The molecule has 0 amide bonds. The average Bonchev–Trinajstić information content (AvgIpc) is 1.38. The van der Waals surface area contributed by atoms with Gasteiger partial charge in [0.15, 0.2) is 0 Å². The Morgan fingerprint density at radius 2 is 0.889 bits per heavy atom. The van der Waals surface area contributed by atoms with E-state index in [1.165, 1.54) is 94.1 Å². The van der Waals surface area contributed by atoms with Gasteiger partial charge in [-0.05, 0) is 41.3 Å². The van der Waals surface area contributed by atoms with E-state index < -0.39 is 13.3 Å². The summed E-state index contributed by atoms with van der Waals surface area (Å²) in [5, 5.41) is 9.57. The van der Waals surface area contributed by atoms with Gasteiger partial charge in [0, 0.05) is 23.0 Å². The van der Waals surface area contributed by atoms with Crippen LogP contribution < -0.4 is 27.2 Å². The molecule has 11 aromatic carbocycles. The van der Waals surface area contributed by atoms with Crippen molar-refractivity contribution in [3.8, 4) is 28.4 Å². The molecular formula is C84H74GeN4O. The van der Waals surface area contributed by atoms with E-state index in [0.29, 0.717) is 6.67 Å². The van der Waals surface area contributed by atoms with Gasteiger partial charge in [0.2, 0.25) is 0 Å². The molecule has 5 nitrogen and oxygen atoms in total. The number of para-hydroxylation sites is 2. The van der Waals surface area contributed by atoms with Crippen molar-refractivity contribution < 1.29 is 4.74 Å². The molecule has 90 heavy (non-hydrogen) atoms. The van der Waals surface area contributed by atoms with E-state index in [9.17, 15) is 0 Å². The number of hydrogen-bond acceptors (Lipinski definition) is 3. The number of hydrogen-bond donors (Lipinski definition) is 0. The van der Waals surface area contributed by atoms with Crippen LogP contribution in [-0.2, 0) is 22.9 Å². The topological polar surface area (TPSA) is 35.2 Å². The Labute approximate surface area is 531 Å². The zero-order chi connectivity index (χ0) is 61.7. The molecule has 0 bridgehead atoms. The predicted molar refractivity (Wildman–Crippen MR) is 384 cm³/mol. The zero-order valence-corrected chi connectivity index (χ0v) is 55.0. The fourth-order valence-electron chi connectivity index (χ4n) is 14.2. The molecule has 0 fully saturated rings. The summed E-state index contributed by atoms with van der Waals surface area (Å²) < 4.78 is 17.6. The summed E-state index contributed by atoms with van der Waals surface area (Å²) in [6.45, 7) is 21.6. The van der Waals surface area contributed by atoms with Crippen LogP contribution in [0.5, 0.6) is 11.5 Å².